The highest BCUT2D eigenvalue weighted by atomic mass is 32.1. The number of nitrogens with one attached hydrogen (secondary N) is 1. The number of hydrogen-bond donors (Lipinski definition) is 1. The van der Waals surface area contributed by atoms with Gasteiger partial charge in [-0.25, -0.2) is 0 Å². The Morgan fingerprint density at radius 1 is 1.26 bits per heavy atom. The molecule has 2 heterocycles. The third-order valence-electron chi connectivity index (χ3n) is 4.88. The van der Waals surface area contributed by atoms with Gasteiger partial charge in [0, 0.05) is 0 Å². The molecular formula is C15H16N4O3S. The number of likely N-dealkylation sites (tertiary alicyclic amines) is 1. The zero-order chi connectivity index (χ0) is 16.1. The number of carbonyl (C=O) groups is 3. The summed E-state index contributed by atoms with van der Waals surface area (Å²) in [5, 5.41) is 11.6. The van der Waals surface area contributed by atoms with Crippen LogP contribution in [0.25, 0.3) is 0 Å². The zero-order valence-corrected chi connectivity index (χ0v) is 13.4. The standard InChI is InChI=1S/C15H16N4O3S/c1-2-10-17-18-15(23-10)16-9(20)6-19-13(21)11-7-3-4-8(5-7)12(11)14(19)22/h3-4,7-8,11-12H,2,5-6H2,1H3,(H,16,18,20). The third-order valence-corrected chi connectivity index (χ3v) is 5.86. The SMILES string of the molecule is CCc1nnc(NC(=O)CN2C(=O)C3C4C=CC(C4)C3C2=O)s1. The molecule has 4 rings (SSSR count). The fourth-order valence-corrected chi connectivity index (χ4v) is 4.56. The van der Waals surface area contributed by atoms with Crippen molar-refractivity contribution in [3.8, 4) is 0 Å². The zero-order valence-electron chi connectivity index (χ0n) is 12.6. The molecule has 1 N–H and O–H groups in total. The van der Waals surface area contributed by atoms with E-state index in [4.69, 9.17) is 0 Å². The Morgan fingerprint density at radius 2 is 1.91 bits per heavy atom. The summed E-state index contributed by atoms with van der Waals surface area (Å²) in [7, 11) is 0. The maximum Gasteiger partial charge on any atom is 0.246 e. The first-order valence-corrected chi connectivity index (χ1v) is 8.56. The summed E-state index contributed by atoms with van der Waals surface area (Å²) in [5.41, 5.74) is 0. The van der Waals surface area contributed by atoms with Crippen LogP contribution in [0, 0.1) is 23.7 Å². The molecule has 1 saturated carbocycles. The number of amides is 3. The summed E-state index contributed by atoms with van der Waals surface area (Å²) < 4.78 is 0. The summed E-state index contributed by atoms with van der Waals surface area (Å²) in [4.78, 5) is 38.2. The minimum absolute atomic E-state index is 0.157. The van der Waals surface area contributed by atoms with Crippen molar-refractivity contribution in [2.45, 2.75) is 19.8 Å². The van der Waals surface area contributed by atoms with Crippen LogP contribution in [0.1, 0.15) is 18.4 Å². The van der Waals surface area contributed by atoms with Crippen LogP contribution in [0.5, 0.6) is 0 Å². The smallest absolute Gasteiger partial charge is 0.246 e. The van der Waals surface area contributed by atoms with Gasteiger partial charge < -0.3 is 0 Å². The van der Waals surface area contributed by atoms with E-state index < -0.39 is 5.91 Å². The molecule has 0 aromatic carbocycles. The maximum atomic E-state index is 12.5. The maximum absolute atomic E-state index is 12.5. The third kappa shape index (κ3) is 2.20. The van der Waals surface area contributed by atoms with E-state index in [0.29, 0.717) is 5.13 Å². The minimum atomic E-state index is -0.411. The van der Waals surface area contributed by atoms with Gasteiger partial charge >= 0.3 is 0 Å². The van der Waals surface area contributed by atoms with Crippen LogP contribution in [-0.4, -0.2) is 39.4 Å². The summed E-state index contributed by atoms with van der Waals surface area (Å²) in [6.45, 7) is 1.71. The van der Waals surface area contributed by atoms with Crippen LogP contribution in [0.2, 0.25) is 0 Å². The molecule has 0 radical (unpaired) electrons. The van der Waals surface area contributed by atoms with Crippen LogP contribution in [0.3, 0.4) is 0 Å². The van der Waals surface area contributed by atoms with Gasteiger partial charge in [0.05, 0.1) is 11.8 Å². The highest BCUT2D eigenvalue weighted by Crippen LogP contribution is 2.52. The topological polar surface area (TPSA) is 92.3 Å². The number of fused-ring (bicyclic) bond motifs is 5. The number of allylic oxidation sites excluding steroid dienone is 2. The lowest BCUT2D eigenvalue weighted by molar-refractivity contribution is -0.143. The van der Waals surface area contributed by atoms with Gasteiger partial charge in [-0.05, 0) is 24.7 Å². The van der Waals surface area contributed by atoms with Gasteiger partial charge in [0.1, 0.15) is 11.6 Å². The molecule has 1 aliphatic heterocycles. The van der Waals surface area contributed by atoms with Crippen molar-refractivity contribution in [3.05, 3.63) is 17.2 Å². The average Bonchev–Trinajstić information content (AvgIpc) is 3.28. The van der Waals surface area contributed by atoms with Crippen LogP contribution >= 0.6 is 11.3 Å². The highest BCUT2D eigenvalue weighted by molar-refractivity contribution is 7.15. The van der Waals surface area contributed by atoms with Gasteiger partial charge in [-0.3, -0.25) is 24.6 Å². The second-order valence-electron chi connectivity index (χ2n) is 6.17. The Morgan fingerprint density at radius 3 is 2.48 bits per heavy atom. The molecule has 2 fully saturated rings. The van der Waals surface area contributed by atoms with Crippen molar-refractivity contribution in [3.63, 3.8) is 0 Å². The number of imide groups is 1. The van der Waals surface area contributed by atoms with E-state index in [0.717, 1.165) is 22.7 Å². The van der Waals surface area contributed by atoms with Gasteiger partial charge in [-0.15, -0.1) is 10.2 Å². The lowest BCUT2D eigenvalue weighted by Gasteiger charge is -2.16. The Bertz CT molecular complexity index is 698. The molecule has 0 spiro atoms. The first kappa shape index (κ1) is 14.5. The number of hydrogen-bond acceptors (Lipinski definition) is 6. The lowest BCUT2D eigenvalue weighted by atomic mass is 9.85. The average molecular weight is 332 g/mol. The first-order chi connectivity index (χ1) is 11.1. The highest BCUT2D eigenvalue weighted by Gasteiger charge is 2.59. The second-order valence-corrected chi connectivity index (χ2v) is 7.23. The molecule has 1 saturated heterocycles. The van der Waals surface area contributed by atoms with E-state index >= 15 is 0 Å². The largest absolute Gasteiger partial charge is 0.299 e. The summed E-state index contributed by atoms with van der Waals surface area (Å²) in [5.74, 6) is -1.05. The Hall–Kier alpha value is -2.09. The van der Waals surface area contributed by atoms with E-state index in [-0.39, 0.29) is 42.0 Å². The number of nitrogens with zero attached hydrogens (tertiary/aromatic N) is 3. The number of carbonyl (C=O) groups excluding carboxylic acids is 3. The van der Waals surface area contributed by atoms with Crippen molar-refractivity contribution in [1.29, 1.82) is 0 Å². The van der Waals surface area contributed by atoms with E-state index in [2.05, 4.69) is 15.5 Å². The fourth-order valence-electron chi connectivity index (χ4n) is 3.87. The van der Waals surface area contributed by atoms with Crippen molar-refractivity contribution >= 4 is 34.2 Å². The molecule has 2 bridgehead atoms. The van der Waals surface area contributed by atoms with Gasteiger partial charge in [-0.2, -0.15) is 0 Å². The van der Waals surface area contributed by atoms with Gasteiger partial charge in [-0.1, -0.05) is 30.4 Å². The molecule has 1 aromatic heterocycles. The number of aryl methyl sites for hydroxylation is 1. The fraction of sp³-hybridized carbons (Fsp3) is 0.533. The molecule has 3 amide bonds. The number of rotatable bonds is 4. The van der Waals surface area contributed by atoms with Crippen molar-refractivity contribution in [2.75, 3.05) is 11.9 Å². The normalized spacial score (nSPS) is 31.1. The molecule has 7 nitrogen and oxygen atoms in total. The molecule has 4 unspecified atom stereocenters. The molecule has 1 aromatic rings. The van der Waals surface area contributed by atoms with Crippen LogP contribution in [-0.2, 0) is 20.8 Å². The van der Waals surface area contributed by atoms with E-state index in [1.807, 2.05) is 19.1 Å². The van der Waals surface area contributed by atoms with Crippen molar-refractivity contribution < 1.29 is 14.4 Å². The number of anilines is 1. The molecule has 3 aliphatic rings. The van der Waals surface area contributed by atoms with Gasteiger partial charge in [0.15, 0.2) is 0 Å². The predicted molar refractivity (Wildman–Crippen MR) is 82.4 cm³/mol. The Labute approximate surface area is 136 Å². The van der Waals surface area contributed by atoms with E-state index in [9.17, 15) is 14.4 Å². The molecule has 4 atom stereocenters. The molecule has 8 heteroatoms. The Balaban J connectivity index is 1.44. The van der Waals surface area contributed by atoms with Gasteiger partial charge in [0.2, 0.25) is 22.9 Å². The Kier molecular flexibility index (Phi) is 3.29. The quantitative estimate of drug-likeness (QED) is 0.652. The predicted octanol–water partition coefficient (Wildman–Crippen LogP) is 0.846. The van der Waals surface area contributed by atoms with Crippen LogP contribution in [0.4, 0.5) is 5.13 Å². The second kappa shape index (κ2) is 5.23. The van der Waals surface area contributed by atoms with Crippen molar-refractivity contribution in [2.24, 2.45) is 23.7 Å². The lowest BCUT2D eigenvalue weighted by Crippen LogP contribution is -2.39. The summed E-state index contributed by atoms with van der Waals surface area (Å²) in [6, 6.07) is 0. The minimum Gasteiger partial charge on any atom is -0.299 e. The monoisotopic (exact) mass is 332 g/mol. The first-order valence-electron chi connectivity index (χ1n) is 7.74. The van der Waals surface area contributed by atoms with E-state index in [1.54, 1.807) is 0 Å². The summed E-state index contributed by atoms with van der Waals surface area (Å²) >= 11 is 1.30. The summed E-state index contributed by atoms with van der Waals surface area (Å²) in [6.07, 6.45) is 5.70. The van der Waals surface area contributed by atoms with Crippen molar-refractivity contribution in [1.82, 2.24) is 15.1 Å². The van der Waals surface area contributed by atoms with Crippen LogP contribution in [0.15, 0.2) is 12.2 Å². The molecule has 120 valence electrons. The molecular weight excluding hydrogens is 316 g/mol. The number of aromatic nitrogens is 2. The van der Waals surface area contributed by atoms with Gasteiger partial charge in [0.25, 0.3) is 0 Å². The van der Waals surface area contributed by atoms with Crippen LogP contribution < -0.4 is 5.32 Å². The molecule has 2 aliphatic carbocycles. The molecule has 23 heavy (non-hydrogen) atoms. The van der Waals surface area contributed by atoms with E-state index in [1.165, 1.54) is 11.3 Å².